The Morgan fingerprint density at radius 1 is 1.29 bits per heavy atom. The number of para-hydroxylation sites is 2. The highest BCUT2D eigenvalue weighted by Crippen LogP contribution is 2.36. The van der Waals surface area contributed by atoms with Crippen LogP contribution >= 0.6 is 11.3 Å². The summed E-state index contributed by atoms with van der Waals surface area (Å²) in [6.07, 6.45) is 1.47. The zero-order valence-corrected chi connectivity index (χ0v) is 14.3. The third-order valence-corrected chi connectivity index (χ3v) is 4.61. The first-order chi connectivity index (χ1) is 11.5. The normalized spacial score (nSPS) is 11.0. The molecule has 1 aromatic carbocycles. The average Bonchev–Trinajstić information content (AvgIpc) is 2.87. The van der Waals surface area contributed by atoms with Gasteiger partial charge >= 0.3 is 5.97 Å². The summed E-state index contributed by atoms with van der Waals surface area (Å²) >= 11 is 1.15. The molecule has 24 heavy (non-hydrogen) atoms. The van der Waals surface area contributed by atoms with Crippen molar-refractivity contribution in [2.24, 2.45) is 0 Å². The number of hydrogen-bond acceptors (Lipinski definition) is 6. The number of aromatic nitrogens is 2. The third kappa shape index (κ3) is 3.03. The molecule has 0 saturated heterocycles. The molecule has 6 nitrogen and oxygen atoms in total. The minimum Gasteiger partial charge on any atom is -0.489 e. The van der Waals surface area contributed by atoms with Gasteiger partial charge in [-0.15, -0.1) is 11.3 Å². The van der Waals surface area contributed by atoms with Crippen LogP contribution in [0, 0.1) is 6.92 Å². The molecule has 0 spiro atoms. The van der Waals surface area contributed by atoms with Crippen molar-refractivity contribution >= 4 is 39.0 Å². The topological polar surface area (TPSA) is 84.3 Å². The highest BCUT2D eigenvalue weighted by Gasteiger charge is 2.19. The first-order valence-electron chi connectivity index (χ1n) is 7.47. The lowest BCUT2D eigenvalue weighted by atomic mass is 10.2. The van der Waals surface area contributed by atoms with E-state index in [2.05, 4.69) is 15.3 Å². The van der Waals surface area contributed by atoms with Crippen LogP contribution in [0.25, 0.3) is 10.2 Å². The number of hydrogen-bond donors (Lipinski definition) is 2. The number of aromatic carboxylic acids is 1. The van der Waals surface area contributed by atoms with Gasteiger partial charge in [-0.25, -0.2) is 14.8 Å². The largest absolute Gasteiger partial charge is 0.489 e. The molecule has 0 amide bonds. The molecule has 0 atom stereocenters. The number of fused-ring (bicyclic) bond motifs is 1. The number of carboxylic acid groups (broad SMARTS) is 1. The molecule has 0 radical (unpaired) electrons. The summed E-state index contributed by atoms with van der Waals surface area (Å²) in [6.45, 7) is 5.69. The van der Waals surface area contributed by atoms with Crippen LogP contribution in [0.3, 0.4) is 0 Å². The van der Waals surface area contributed by atoms with Gasteiger partial charge in [0, 0.05) is 0 Å². The summed E-state index contributed by atoms with van der Waals surface area (Å²) in [5, 5.41) is 13.3. The van der Waals surface area contributed by atoms with Gasteiger partial charge in [0.05, 0.1) is 17.2 Å². The SMILES string of the molecule is Cc1c(C(=O)O)sc2ncnc(Nc3ccccc3OC(C)C)c12. The van der Waals surface area contributed by atoms with Crippen LogP contribution < -0.4 is 10.1 Å². The van der Waals surface area contributed by atoms with Gasteiger partial charge in [0.1, 0.15) is 27.6 Å². The lowest BCUT2D eigenvalue weighted by Gasteiger charge is -2.15. The second-order valence-electron chi connectivity index (χ2n) is 5.55. The summed E-state index contributed by atoms with van der Waals surface area (Å²) < 4.78 is 5.81. The van der Waals surface area contributed by atoms with Crippen molar-refractivity contribution in [2.75, 3.05) is 5.32 Å². The van der Waals surface area contributed by atoms with Crippen LogP contribution in [0.2, 0.25) is 0 Å². The molecule has 0 aliphatic carbocycles. The molecule has 0 bridgehead atoms. The third-order valence-electron chi connectivity index (χ3n) is 3.42. The molecule has 7 heteroatoms. The number of benzene rings is 1. The fourth-order valence-corrected chi connectivity index (χ4v) is 3.41. The number of aryl methyl sites for hydroxylation is 1. The lowest BCUT2D eigenvalue weighted by Crippen LogP contribution is -2.07. The molecule has 0 fully saturated rings. The maximum atomic E-state index is 11.4. The molecule has 124 valence electrons. The Balaban J connectivity index is 2.07. The molecule has 0 saturated carbocycles. The fraction of sp³-hybridized carbons (Fsp3) is 0.235. The zero-order chi connectivity index (χ0) is 17.3. The molecule has 0 aliphatic rings. The van der Waals surface area contributed by atoms with Gasteiger partial charge < -0.3 is 15.2 Å². The maximum absolute atomic E-state index is 11.4. The van der Waals surface area contributed by atoms with Crippen LogP contribution in [0.1, 0.15) is 29.1 Å². The van der Waals surface area contributed by atoms with Crippen LogP contribution in [0.15, 0.2) is 30.6 Å². The molecule has 3 rings (SSSR count). The van der Waals surface area contributed by atoms with E-state index >= 15 is 0 Å². The number of nitrogens with one attached hydrogen (secondary N) is 1. The van der Waals surface area contributed by atoms with Gasteiger partial charge in [0.2, 0.25) is 0 Å². The molecule has 3 aromatic rings. The van der Waals surface area contributed by atoms with E-state index in [0.29, 0.717) is 22.0 Å². The number of anilines is 2. The molecule has 2 N–H and O–H groups in total. The number of nitrogens with zero attached hydrogens (tertiary/aromatic N) is 2. The lowest BCUT2D eigenvalue weighted by molar-refractivity contribution is 0.0701. The van der Waals surface area contributed by atoms with Gasteiger partial charge in [0.25, 0.3) is 0 Å². The predicted molar refractivity (Wildman–Crippen MR) is 94.6 cm³/mol. The van der Waals surface area contributed by atoms with E-state index in [0.717, 1.165) is 22.4 Å². The molecular weight excluding hydrogens is 326 g/mol. The van der Waals surface area contributed by atoms with Gasteiger partial charge in [-0.1, -0.05) is 12.1 Å². The number of rotatable bonds is 5. The Morgan fingerprint density at radius 3 is 2.75 bits per heavy atom. The number of carbonyl (C=O) groups is 1. The van der Waals surface area contributed by atoms with Gasteiger partial charge in [-0.05, 0) is 38.5 Å². The highest BCUT2D eigenvalue weighted by atomic mass is 32.1. The number of carboxylic acids is 1. The minimum atomic E-state index is -0.954. The first-order valence-corrected chi connectivity index (χ1v) is 8.29. The zero-order valence-electron chi connectivity index (χ0n) is 13.5. The first kappa shape index (κ1) is 16.2. The van der Waals surface area contributed by atoms with E-state index in [1.54, 1.807) is 6.92 Å². The summed E-state index contributed by atoms with van der Waals surface area (Å²) in [5.41, 5.74) is 1.43. The Kier molecular flexibility index (Phi) is 4.35. The second kappa shape index (κ2) is 6.45. The molecule has 2 heterocycles. The summed E-state index contributed by atoms with van der Waals surface area (Å²) in [4.78, 5) is 20.8. The van der Waals surface area contributed by atoms with Crippen LogP contribution in [0.5, 0.6) is 5.75 Å². The summed E-state index contributed by atoms with van der Waals surface area (Å²) in [6, 6.07) is 7.57. The quantitative estimate of drug-likeness (QED) is 0.721. The summed E-state index contributed by atoms with van der Waals surface area (Å²) in [7, 11) is 0. The van der Waals surface area contributed by atoms with Crippen molar-refractivity contribution in [1.82, 2.24) is 9.97 Å². The van der Waals surface area contributed by atoms with Crippen molar-refractivity contribution in [3.8, 4) is 5.75 Å². The van der Waals surface area contributed by atoms with Gasteiger partial charge in [-0.2, -0.15) is 0 Å². The number of ether oxygens (including phenoxy) is 1. The standard InChI is InChI=1S/C17H17N3O3S/c1-9(2)23-12-7-5-4-6-11(12)20-15-13-10(3)14(17(21)22)24-16(13)19-8-18-15/h4-9H,1-3H3,(H,21,22)(H,18,19,20). The van der Waals surface area contributed by atoms with Crippen LogP contribution in [-0.4, -0.2) is 27.1 Å². The highest BCUT2D eigenvalue weighted by molar-refractivity contribution is 7.20. The van der Waals surface area contributed by atoms with E-state index in [1.165, 1.54) is 6.33 Å². The van der Waals surface area contributed by atoms with Crippen molar-refractivity contribution in [3.63, 3.8) is 0 Å². The van der Waals surface area contributed by atoms with E-state index in [9.17, 15) is 9.90 Å². The molecular formula is C17H17N3O3S. The van der Waals surface area contributed by atoms with Crippen molar-refractivity contribution in [2.45, 2.75) is 26.9 Å². The Morgan fingerprint density at radius 2 is 2.04 bits per heavy atom. The smallest absolute Gasteiger partial charge is 0.346 e. The minimum absolute atomic E-state index is 0.0415. The summed E-state index contributed by atoms with van der Waals surface area (Å²) in [5.74, 6) is 0.330. The predicted octanol–water partition coefficient (Wildman–Crippen LogP) is 4.23. The van der Waals surface area contributed by atoms with Crippen LogP contribution in [-0.2, 0) is 0 Å². The Bertz CT molecular complexity index is 905. The maximum Gasteiger partial charge on any atom is 0.346 e. The van der Waals surface area contributed by atoms with E-state index < -0.39 is 5.97 Å². The molecule has 2 aromatic heterocycles. The van der Waals surface area contributed by atoms with E-state index in [1.807, 2.05) is 38.1 Å². The van der Waals surface area contributed by atoms with Gasteiger partial charge in [-0.3, -0.25) is 0 Å². The van der Waals surface area contributed by atoms with Crippen molar-refractivity contribution in [3.05, 3.63) is 41.0 Å². The molecule has 0 aliphatic heterocycles. The number of thiophene rings is 1. The van der Waals surface area contributed by atoms with Crippen molar-refractivity contribution in [1.29, 1.82) is 0 Å². The Labute approximate surface area is 143 Å². The molecule has 0 unspecified atom stereocenters. The van der Waals surface area contributed by atoms with E-state index in [-0.39, 0.29) is 11.0 Å². The Hall–Kier alpha value is -2.67. The van der Waals surface area contributed by atoms with E-state index in [4.69, 9.17) is 4.74 Å². The van der Waals surface area contributed by atoms with Gasteiger partial charge in [0.15, 0.2) is 0 Å². The monoisotopic (exact) mass is 343 g/mol. The fourth-order valence-electron chi connectivity index (χ4n) is 2.42. The van der Waals surface area contributed by atoms with Crippen molar-refractivity contribution < 1.29 is 14.6 Å². The second-order valence-corrected chi connectivity index (χ2v) is 6.55. The van der Waals surface area contributed by atoms with Crippen LogP contribution in [0.4, 0.5) is 11.5 Å². The average molecular weight is 343 g/mol.